The summed E-state index contributed by atoms with van der Waals surface area (Å²) in [6, 6.07) is 0. The van der Waals surface area contributed by atoms with Crippen LogP contribution in [0.15, 0.2) is 9.59 Å². The van der Waals surface area contributed by atoms with Gasteiger partial charge in [-0.25, -0.2) is 9.59 Å². The van der Waals surface area contributed by atoms with Crippen molar-refractivity contribution in [1.29, 1.82) is 0 Å². The van der Waals surface area contributed by atoms with Crippen molar-refractivity contribution in [2.75, 3.05) is 3.53 Å². The van der Waals surface area contributed by atoms with Gasteiger partial charge in [0.25, 0.3) is 11.6 Å². The Balaban J connectivity index is 2.66. The third-order valence-electron chi connectivity index (χ3n) is 3.01. The molecule has 3 heterocycles. The molecule has 4 N–H and O–H groups in total. The summed E-state index contributed by atoms with van der Waals surface area (Å²) in [5.74, 6) is 0.426. The second-order valence-corrected chi connectivity index (χ2v) is 6.12. The molecule has 0 aromatic carbocycles. The Morgan fingerprint density at radius 3 is 2.48 bits per heavy atom. The molecule has 3 aromatic heterocycles. The minimum absolute atomic E-state index is 0.206. The van der Waals surface area contributed by atoms with E-state index in [2.05, 4.69) is 28.5 Å². The van der Waals surface area contributed by atoms with Gasteiger partial charge in [-0.15, -0.1) is 0 Å². The summed E-state index contributed by atoms with van der Waals surface area (Å²) in [7, 11) is 0. The highest BCUT2D eigenvalue weighted by atomic mass is 127. The monoisotopic (exact) mass is 402 g/mol. The van der Waals surface area contributed by atoms with Crippen LogP contribution in [0.5, 0.6) is 0 Å². The molecule has 0 amide bonds. The predicted molar refractivity (Wildman–Crippen MR) is 85.5 cm³/mol. The number of aromatic nitrogens is 6. The summed E-state index contributed by atoms with van der Waals surface area (Å²) in [4.78, 5) is 40.4. The zero-order valence-electron chi connectivity index (χ0n) is 11.5. The highest BCUT2D eigenvalue weighted by Gasteiger charge is 2.29. The van der Waals surface area contributed by atoms with Crippen LogP contribution in [0.2, 0.25) is 0 Å². The van der Waals surface area contributed by atoms with E-state index in [1.54, 1.807) is 0 Å². The third-order valence-corrected chi connectivity index (χ3v) is 3.52. The van der Waals surface area contributed by atoms with E-state index < -0.39 is 16.9 Å². The maximum Gasteiger partial charge on any atom is 0.479 e. The molecule has 21 heavy (non-hydrogen) atoms. The Bertz CT molecular complexity index is 963. The number of nitrogens with one attached hydrogen (secondary N) is 4. The van der Waals surface area contributed by atoms with E-state index in [-0.39, 0.29) is 5.65 Å². The third kappa shape index (κ3) is 2.18. The molecule has 9 nitrogen and oxygen atoms in total. The molecule has 0 unspecified atom stereocenters. The first-order chi connectivity index (χ1) is 9.81. The molecule has 3 rings (SSSR count). The van der Waals surface area contributed by atoms with Crippen LogP contribution < -0.4 is 19.5 Å². The molecule has 0 atom stereocenters. The van der Waals surface area contributed by atoms with Gasteiger partial charge in [-0.2, -0.15) is 4.57 Å². The number of aromatic amines is 3. The van der Waals surface area contributed by atoms with Gasteiger partial charge in [-0.3, -0.25) is 18.5 Å². The summed E-state index contributed by atoms with van der Waals surface area (Å²) in [6.07, 6.45) is 0. The van der Waals surface area contributed by atoms with Crippen molar-refractivity contribution in [2.45, 2.75) is 26.3 Å². The molecule has 3 aromatic rings. The summed E-state index contributed by atoms with van der Waals surface area (Å²) in [5.41, 5.74) is -0.320. The first-order valence-electron chi connectivity index (χ1n) is 6.16. The highest BCUT2D eigenvalue weighted by molar-refractivity contribution is 14.1. The maximum atomic E-state index is 12.3. The summed E-state index contributed by atoms with van der Waals surface area (Å²) in [6.45, 7) is 5.67. The summed E-state index contributed by atoms with van der Waals surface area (Å²) in [5, 5.41) is 0.569. The van der Waals surface area contributed by atoms with Crippen LogP contribution in [0, 0.1) is 0 Å². The van der Waals surface area contributed by atoms with Crippen LogP contribution in [-0.2, 0) is 5.54 Å². The number of rotatable bonds is 1. The van der Waals surface area contributed by atoms with Crippen molar-refractivity contribution >= 4 is 51.1 Å². The van der Waals surface area contributed by atoms with E-state index in [0.717, 1.165) is 0 Å². The van der Waals surface area contributed by atoms with Crippen LogP contribution >= 0.6 is 22.9 Å². The predicted octanol–water partition coefficient (Wildman–Crippen LogP) is 0.292. The van der Waals surface area contributed by atoms with Crippen molar-refractivity contribution < 1.29 is 4.57 Å². The molecule has 110 valence electrons. The normalized spacial score (nSPS) is 12.2. The van der Waals surface area contributed by atoms with Crippen LogP contribution in [0.25, 0.3) is 22.3 Å². The fourth-order valence-electron chi connectivity index (χ4n) is 2.25. The van der Waals surface area contributed by atoms with Gasteiger partial charge in [-0.05, 0) is 25.8 Å². The highest BCUT2D eigenvalue weighted by Crippen LogP contribution is 2.18. The number of nitrogens with zero attached hydrogens (tertiary/aromatic N) is 3. The number of anilines is 1. The van der Waals surface area contributed by atoms with Crippen LogP contribution in [0.4, 0.5) is 5.95 Å². The van der Waals surface area contributed by atoms with Gasteiger partial charge in [0.05, 0.1) is 28.4 Å². The van der Waals surface area contributed by atoms with Crippen molar-refractivity contribution in [3.63, 3.8) is 0 Å². The molecule has 0 saturated carbocycles. The van der Waals surface area contributed by atoms with Gasteiger partial charge in [-0.1, -0.05) is 4.98 Å². The van der Waals surface area contributed by atoms with E-state index >= 15 is 0 Å². The summed E-state index contributed by atoms with van der Waals surface area (Å²) >= 11 is 1.92. The number of halogens is 1. The Hall–Kier alpha value is -1.98. The molecule has 0 aliphatic rings. The van der Waals surface area contributed by atoms with Crippen molar-refractivity contribution in [3.8, 4) is 0 Å². The standard InChI is InChI=1S/C11H12IN7O2/c1-11(2,3)19-7-4-5(13-8(17-7)18-12)14-9(20)15-6(4)16-10(19)21/h1-3H3,(H3,13,14,15,16,17,18,20,21)/p+1. The molecule has 0 aliphatic carbocycles. The van der Waals surface area contributed by atoms with Crippen molar-refractivity contribution in [3.05, 3.63) is 21.0 Å². The van der Waals surface area contributed by atoms with E-state index in [0.29, 0.717) is 22.6 Å². The first kappa shape index (κ1) is 14.0. The Morgan fingerprint density at radius 2 is 1.86 bits per heavy atom. The lowest BCUT2D eigenvalue weighted by molar-refractivity contribution is -0.747. The number of hydrogen-bond donors (Lipinski definition) is 4. The molecule has 0 radical (unpaired) electrons. The zero-order valence-corrected chi connectivity index (χ0v) is 13.7. The van der Waals surface area contributed by atoms with Crippen molar-refractivity contribution in [2.24, 2.45) is 0 Å². The van der Waals surface area contributed by atoms with Crippen LogP contribution in [-0.4, -0.2) is 24.9 Å². The van der Waals surface area contributed by atoms with Gasteiger partial charge < -0.3 is 0 Å². The molecule has 0 saturated heterocycles. The van der Waals surface area contributed by atoms with Gasteiger partial charge >= 0.3 is 11.4 Å². The lowest BCUT2D eigenvalue weighted by atomic mass is 10.1. The Kier molecular flexibility index (Phi) is 3.00. The Labute approximate surface area is 131 Å². The van der Waals surface area contributed by atoms with Gasteiger partial charge in [0.1, 0.15) is 5.65 Å². The smallest absolute Gasteiger partial charge is 0.296 e. The SMILES string of the molecule is CC(C)(C)[n+]1c(=O)nc2[nH]c(=O)[nH]c3[nH]c(NI)nc1c23. The maximum absolute atomic E-state index is 12.3. The largest absolute Gasteiger partial charge is 0.479 e. The first-order valence-corrected chi connectivity index (χ1v) is 7.24. The second kappa shape index (κ2) is 4.51. The van der Waals surface area contributed by atoms with Gasteiger partial charge in [0, 0.05) is 0 Å². The number of H-pyrrole nitrogens is 3. The van der Waals surface area contributed by atoms with Crippen molar-refractivity contribution in [1.82, 2.24) is 24.9 Å². The van der Waals surface area contributed by atoms with E-state index in [1.165, 1.54) is 4.57 Å². The summed E-state index contributed by atoms with van der Waals surface area (Å²) < 4.78 is 4.35. The number of hydrogen-bond acceptors (Lipinski definition) is 5. The van der Waals surface area contributed by atoms with Crippen LogP contribution in [0.1, 0.15) is 20.8 Å². The molecule has 0 bridgehead atoms. The minimum Gasteiger partial charge on any atom is -0.296 e. The second-order valence-electron chi connectivity index (χ2n) is 5.58. The quantitative estimate of drug-likeness (QED) is 0.265. The molecule has 0 fully saturated rings. The van der Waals surface area contributed by atoms with Gasteiger partial charge in [0.2, 0.25) is 5.65 Å². The fraction of sp³-hybridized carbons (Fsp3) is 0.364. The van der Waals surface area contributed by atoms with E-state index in [4.69, 9.17) is 0 Å². The lowest BCUT2D eigenvalue weighted by Gasteiger charge is -2.17. The molecular formula is C11H13IN7O2+. The molecule has 10 heteroatoms. The molecular weight excluding hydrogens is 389 g/mol. The lowest BCUT2D eigenvalue weighted by Crippen LogP contribution is -2.63. The van der Waals surface area contributed by atoms with E-state index in [9.17, 15) is 9.59 Å². The average Bonchev–Trinajstić information content (AvgIpc) is 2.35. The average molecular weight is 402 g/mol. The Morgan fingerprint density at radius 1 is 1.14 bits per heavy atom. The fourth-order valence-corrected chi connectivity index (χ4v) is 2.50. The topological polar surface area (TPSA) is 123 Å². The van der Waals surface area contributed by atoms with Crippen LogP contribution in [0.3, 0.4) is 0 Å². The van der Waals surface area contributed by atoms with E-state index in [1.807, 2.05) is 43.6 Å². The minimum atomic E-state index is -0.502. The molecule has 0 aliphatic heterocycles. The van der Waals surface area contributed by atoms with Gasteiger partial charge in [0.15, 0.2) is 5.39 Å². The molecule has 0 spiro atoms. The zero-order chi connectivity index (χ0) is 15.4.